The van der Waals surface area contributed by atoms with Gasteiger partial charge in [-0.25, -0.2) is 0 Å². The highest BCUT2D eigenvalue weighted by molar-refractivity contribution is 6.35. The first-order valence-electron chi connectivity index (χ1n) is 8.06. The van der Waals surface area contributed by atoms with E-state index >= 15 is 0 Å². The number of hydrogen-bond acceptors (Lipinski definition) is 3. The lowest BCUT2D eigenvalue weighted by Crippen LogP contribution is -2.25. The summed E-state index contributed by atoms with van der Waals surface area (Å²) in [6.45, 7) is 2.78. The van der Waals surface area contributed by atoms with Crippen LogP contribution in [0.3, 0.4) is 0 Å². The van der Waals surface area contributed by atoms with Gasteiger partial charge in [0.25, 0.3) is 5.91 Å². The number of anilines is 1. The van der Waals surface area contributed by atoms with Gasteiger partial charge in [0.05, 0.1) is 12.8 Å². The van der Waals surface area contributed by atoms with Gasteiger partial charge in [-0.3, -0.25) is 4.79 Å². The number of hydrogen-bond donors (Lipinski definition) is 0. The first kappa shape index (κ1) is 16.7. The molecule has 2 aromatic carbocycles. The van der Waals surface area contributed by atoms with Gasteiger partial charge < -0.3 is 14.4 Å². The molecule has 4 nitrogen and oxygen atoms in total. The molecule has 0 saturated carbocycles. The van der Waals surface area contributed by atoms with E-state index in [1.807, 2.05) is 49.4 Å². The highest BCUT2D eigenvalue weighted by Gasteiger charge is 2.30. The Kier molecular flexibility index (Phi) is 4.76. The summed E-state index contributed by atoms with van der Waals surface area (Å²) in [7, 11) is 1.57. The number of fused-ring (bicyclic) bond motifs is 1. The predicted octanol–water partition coefficient (Wildman–Crippen LogP) is 3.61. The summed E-state index contributed by atoms with van der Waals surface area (Å²) < 4.78 is 10.8. The van der Waals surface area contributed by atoms with Gasteiger partial charge in [-0.15, -0.1) is 6.42 Å². The second kappa shape index (κ2) is 7.14. The van der Waals surface area contributed by atoms with Gasteiger partial charge in [-0.05, 0) is 36.8 Å². The van der Waals surface area contributed by atoms with Crippen LogP contribution in [0, 0.1) is 12.3 Å². The maximum Gasteiger partial charge on any atom is 0.258 e. The van der Waals surface area contributed by atoms with Gasteiger partial charge >= 0.3 is 0 Å². The molecule has 4 heteroatoms. The smallest absolute Gasteiger partial charge is 0.258 e. The Bertz CT molecular complexity index is 877. The third kappa shape index (κ3) is 3.09. The fourth-order valence-electron chi connectivity index (χ4n) is 2.94. The highest BCUT2D eigenvalue weighted by atomic mass is 16.5. The Hall–Kier alpha value is -3.19. The van der Waals surface area contributed by atoms with E-state index in [4.69, 9.17) is 15.9 Å². The number of benzene rings is 2. The monoisotopic (exact) mass is 333 g/mol. The molecule has 0 aromatic heterocycles. The van der Waals surface area contributed by atoms with Crippen molar-refractivity contribution in [3.05, 3.63) is 53.6 Å². The van der Waals surface area contributed by atoms with E-state index in [9.17, 15) is 4.79 Å². The average Bonchev–Trinajstić information content (AvgIpc) is 2.91. The van der Waals surface area contributed by atoms with E-state index in [1.54, 1.807) is 18.1 Å². The molecule has 2 aromatic rings. The summed E-state index contributed by atoms with van der Waals surface area (Å²) in [4.78, 5) is 14.5. The fraction of sp³-hybridized carbons (Fsp3) is 0.190. The number of amides is 1. The molecule has 1 amide bonds. The van der Waals surface area contributed by atoms with E-state index in [-0.39, 0.29) is 12.5 Å². The molecule has 0 fully saturated rings. The number of para-hydroxylation sites is 1. The van der Waals surface area contributed by atoms with Crippen LogP contribution in [-0.4, -0.2) is 26.2 Å². The summed E-state index contributed by atoms with van der Waals surface area (Å²) in [5.41, 5.74) is 3.43. The number of nitrogens with zero attached hydrogens (tertiary/aromatic N) is 1. The zero-order chi connectivity index (χ0) is 17.8. The molecule has 3 rings (SSSR count). The molecular weight excluding hydrogens is 314 g/mol. The summed E-state index contributed by atoms with van der Waals surface area (Å²) in [5.74, 6) is 3.60. The normalized spacial score (nSPS) is 14.4. The summed E-state index contributed by atoms with van der Waals surface area (Å²) in [5, 5.41) is 0. The molecule has 0 aliphatic carbocycles. The number of methoxy groups -OCH3 is 1. The Morgan fingerprint density at radius 3 is 2.72 bits per heavy atom. The van der Waals surface area contributed by atoms with E-state index in [2.05, 4.69) is 5.92 Å². The molecular formula is C21H19NO3. The lowest BCUT2D eigenvalue weighted by molar-refractivity contribution is -0.112. The second-order valence-corrected chi connectivity index (χ2v) is 5.53. The topological polar surface area (TPSA) is 38.8 Å². The molecule has 0 atom stereocenters. The van der Waals surface area contributed by atoms with E-state index in [1.165, 1.54) is 0 Å². The van der Waals surface area contributed by atoms with Gasteiger partial charge in [0.15, 0.2) is 11.5 Å². The average molecular weight is 333 g/mol. The van der Waals surface area contributed by atoms with E-state index in [0.717, 1.165) is 16.8 Å². The molecule has 1 heterocycles. The molecule has 0 bridgehead atoms. The Labute approximate surface area is 147 Å². The number of carbonyl (C=O) groups is 1. The Balaban J connectivity index is 2.01. The molecule has 0 saturated heterocycles. The van der Waals surface area contributed by atoms with E-state index < -0.39 is 0 Å². The Morgan fingerprint density at radius 1 is 1.20 bits per heavy atom. The lowest BCUT2D eigenvalue weighted by Gasteiger charge is -2.13. The van der Waals surface area contributed by atoms with Crippen molar-refractivity contribution in [3.8, 4) is 23.8 Å². The SMILES string of the molecule is C#CCOc1ccc(/C=C2\C(=O)N(CC)c3ccccc32)cc1OC. The largest absolute Gasteiger partial charge is 0.493 e. The molecule has 1 aliphatic rings. The molecule has 0 N–H and O–H groups in total. The van der Waals surface area contributed by atoms with Crippen LogP contribution in [0.5, 0.6) is 11.5 Å². The minimum atomic E-state index is 0.00956. The first-order chi connectivity index (χ1) is 12.2. The fourth-order valence-corrected chi connectivity index (χ4v) is 2.94. The van der Waals surface area contributed by atoms with Crippen molar-refractivity contribution in [2.24, 2.45) is 0 Å². The molecule has 0 spiro atoms. The van der Waals surface area contributed by atoms with Gasteiger partial charge in [0, 0.05) is 17.7 Å². The van der Waals surface area contributed by atoms with Gasteiger partial charge in [-0.2, -0.15) is 0 Å². The number of rotatable bonds is 5. The molecule has 0 unspecified atom stereocenters. The standard InChI is InChI=1S/C21H19NO3/c1-4-12-25-19-11-10-15(14-20(19)24-3)13-17-16-8-6-7-9-18(16)22(5-2)21(17)23/h1,6-11,13-14H,5,12H2,2-3H3/b17-13-. The highest BCUT2D eigenvalue weighted by Crippen LogP contribution is 2.38. The minimum absolute atomic E-state index is 0.00956. The molecule has 25 heavy (non-hydrogen) atoms. The number of carbonyl (C=O) groups excluding carboxylic acids is 1. The summed E-state index contributed by atoms with van der Waals surface area (Å²) in [6.07, 6.45) is 7.11. The number of likely N-dealkylation sites (N-methyl/N-ethyl adjacent to an activating group) is 1. The van der Waals surface area contributed by atoms with Crippen LogP contribution < -0.4 is 14.4 Å². The third-order valence-corrected chi connectivity index (χ3v) is 4.09. The number of ether oxygens (including phenoxy) is 2. The van der Waals surface area contributed by atoms with Gasteiger partial charge in [-0.1, -0.05) is 30.2 Å². The van der Waals surface area contributed by atoms with Crippen molar-refractivity contribution in [2.75, 3.05) is 25.2 Å². The third-order valence-electron chi connectivity index (χ3n) is 4.09. The zero-order valence-electron chi connectivity index (χ0n) is 14.3. The predicted molar refractivity (Wildman–Crippen MR) is 99.7 cm³/mol. The van der Waals surface area contributed by atoms with Crippen molar-refractivity contribution in [1.82, 2.24) is 0 Å². The summed E-state index contributed by atoms with van der Waals surface area (Å²) >= 11 is 0. The zero-order valence-corrected chi connectivity index (χ0v) is 14.3. The second-order valence-electron chi connectivity index (χ2n) is 5.53. The molecule has 126 valence electrons. The van der Waals surface area contributed by atoms with Crippen molar-refractivity contribution in [3.63, 3.8) is 0 Å². The quantitative estimate of drug-likeness (QED) is 0.620. The first-order valence-corrected chi connectivity index (χ1v) is 8.06. The lowest BCUT2D eigenvalue weighted by atomic mass is 10.0. The van der Waals surface area contributed by atoms with Crippen LogP contribution in [0.15, 0.2) is 42.5 Å². The van der Waals surface area contributed by atoms with Crippen LogP contribution in [0.1, 0.15) is 18.1 Å². The molecule has 1 aliphatic heterocycles. The van der Waals surface area contributed by atoms with Crippen molar-refractivity contribution >= 4 is 23.2 Å². The van der Waals surface area contributed by atoms with Crippen LogP contribution in [0.25, 0.3) is 11.6 Å². The maximum atomic E-state index is 12.7. The minimum Gasteiger partial charge on any atom is -0.493 e. The van der Waals surface area contributed by atoms with Gasteiger partial charge in [0.1, 0.15) is 6.61 Å². The molecule has 0 radical (unpaired) electrons. The van der Waals surface area contributed by atoms with Crippen LogP contribution in [-0.2, 0) is 4.79 Å². The Morgan fingerprint density at radius 2 is 2.00 bits per heavy atom. The van der Waals surface area contributed by atoms with Crippen LogP contribution in [0.4, 0.5) is 5.69 Å². The van der Waals surface area contributed by atoms with Crippen LogP contribution >= 0.6 is 0 Å². The van der Waals surface area contributed by atoms with Crippen LogP contribution in [0.2, 0.25) is 0 Å². The van der Waals surface area contributed by atoms with E-state index in [0.29, 0.717) is 23.6 Å². The van der Waals surface area contributed by atoms with Gasteiger partial charge in [0.2, 0.25) is 0 Å². The maximum absolute atomic E-state index is 12.7. The van der Waals surface area contributed by atoms with Crippen molar-refractivity contribution in [2.45, 2.75) is 6.92 Å². The van der Waals surface area contributed by atoms with Crippen molar-refractivity contribution < 1.29 is 14.3 Å². The number of terminal acetylenes is 1. The van der Waals surface area contributed by atoms with Crippen molar-refractivity contribution in [1.29, 1.82) is 0 Å². The summed E-state index contributed by atoms with van der Waals surface area (Å²) in [6, 6.07) is 13.3.